The Kier molecular flexibility index (Phi) is 4.00. The molecule has 3 heteroatoms. The van der Waals surface area contributed by atoms with Gasteiger partial charge in [0.25, 0.3) is 0 Å². The average Bonchev–Trinajstić information content (AvgIpc) is 2.30. The Morgan fingerprint density at radius 2 is 1.94 bits per heavy atom. The first-order chi connectivity index (χ1) is 8.47. The monoisotopic (exact) mass is 308 g/mol. The van der Waals surface area contributed by atoms with Crippen LogP contribution in [-0.4, -0.2) is 18.0 Å². The van der Waals surface area contributed by atoms with Gasteiger partial charge in [-0.15, -0.1) is 0 Å². The number of likely N-dealkylation sites (tertiary alicyclic amines) is 1. The van der Waals surface area contributed by atoms with E-state index >= 15 is 0 Å². The third-order valence-corrected chi connectivity index (χ3v) is 4.07. The fourth-order valence-corrected chi connectivity index (χ4v) is 3.19. The normalized spacial score (nSPS) is 24.1. The molecule has 2 atom stereocenters. The molecule has 1 aromatic carbocycles. The molecule has 1 aliphatic heterocycles. The standard InChI is InChI=1S/C15H21BrN2/c1-10-6-11(2)9-18(8-10)12(3)14-7-13(16)4-5-15(14)17/h4-5,7,10-11H,3,6,8-9,17H2,1-2H3/t10-,11+. The van der Waals surface area contributed by atoms with E-state index in [2.05, 4.69) is 47.3 Å². The molecule has 0 unspecified atom stereocenters. The van der Waals surface area contributed by atoms with Gasteiger partial charge in [0.15, 0.2) is 0 Å². The summed E-state index contributed by atoms with van der Waals surface area (Å²) >= 11 is 3.50. The number of anilines is 1. The molecule has 18 heavy (non-hydrogen) atoms. The van der Waals surface area contributed by atoms with E-state index in [9.17, 15) is 0 Å². The minimum atomic E-state index is 0.721. The van der Waals surface area contributed by atoms with Crippen LogP contribution in [0.3, 0.4) is 0 Å². The molecule has 0 aromatic heterocycles. The van der Waals surface area contributed by atoms with E-state index in [0.29, 0.717) is 0 Å². The molecule has 2 rings (SSSR count). The highest BCUT2D eigenvalue weighted by Gasteiger charge is 2.23. The van der Waals surface area contributed by atoms with Crippen LogP contribution in [0.15, 0.2) is 29.3 Å². The third-order valence-electron chi connectivity index (χ3n) is 3.58. The molecule has 0 aliphatic carbocycles. The third kappa shape index (κ3) is 2.89. The number of hydrogen-bond acceptors (Lipinski definition) is 2. The maximum absolute atomic E-state index is 6.06. The van der Waals surface area contributed by atoms with E-state index in [1.54, 1.807) is 0 Å². The maximum Gasteiger partial charge on any atom is 0.0409 e. The molecule has 0 spiro atoms. The lowest BCUT2D eigenvalue weighted by atomic mass is 9.91. The zero-order valence-electron chi connectivity index (χ0n) is 11.1. The van der Waals surface area contributed by atoms with Crippen molar-refractivity contribution < 1.29 is 0 Å². The Hall–Kier alpha value is -0.960. The Bertz CT molecular complexity index is 446. The summed E-state index contributed by atoms with van der Waals surface area (Å²) in [5.74, 6) is 1.44. The summed E-state index contributed by atoms with van der Waals surface area (Å²) in [5, 5.41) is 0. The van der Waals surface area contributed by atoms with Crippen LogP contribution >= 0.6 is 15.9 Å². The molecule has 0 saturated carbocycles. The minimum Gasteiger partial charge on any atom is -0.398 e. The van der Waals surface area contributed by atoms with Crippen molar-refractivity contribution in [2.24, 2.45) is 11.8 Å². The first-order valence-electron chi connectivity index (χ1n) is 6.46. The summed E-state index contributed by atoms with van der Waals surface area (Å²) in [6, 6.07) is 5.95. The highest BCUT2D eigenvalue weighted by molar-refractivity contribution is 9.10. The number of nitrogens with two attached hydrogens (primary N) is 1. The molecule has 1 saturated heterocycles. The van der Waals surface area contributed by atoms with E-state index in [-0.39, 0.29) is 0 Å². The van der Waals surface area contributed by atoms with Crippen LogP contribution in [0, 0.1) is 11.8 Å². The van der Waals surface area contributed by atoms with Crippen LogP contribution in [-0.2, 0) is 0 Å². The molecule has 2 N–H and O–H groups in total. The van der Waals surface area contributed by atoms with Gasteiger partial charge < -0.3 is 10.6 Å². The molecule has 0 bridgehead atoms. The molecule has 2 nitrogen and oxygen atoms in total. The van der Waals surface area contributed by atoms with Crippen molar-refractivity contribution in [2.45, 2.75) is 20.3 Å². The highest BCUT2D eigenvalue weighted by Crippen LogP contribution is 2.31. The zero-order chi connectivity index (χ0) is 13.3. The molecule has 0 radical (unpaired) electrons. The number of halogens is 1. The van der Waals surface area contributed by atoms with Crippen molar-refractivity contribution in [1.82, 2.24) is 4.90 Å². The Morgan fingerprint density at radius 3 is 2.56 bits per heavy atom. The average molecular weight is 309 g/mol. The molecule has 0 amide bonds. The number of rotatable bonds is 2. The number of nitrogen functional groups attached to an aromatic ring is 1. The van der Waals surface area contributed by atoms with Gasteiger partial charge in [-0.25, -0.2) is 0 Å². The molecule has 1 heterocycles. The van der Waals surface area contributed by atoms with Gasteiger partial charge in [0.05, 0.1) is 0 Å². The van der Waals surface area contributed by atoms with Gasteiger partial charge in [0, 0.05) is 34.5 Å². The van der Waals surface area contributed by atoms with Crippen molar-refractivity contribution in [2.75, 3.05) is 18.8 Å². The van der Waals surface area contributed by atoms with Crippen LogP contribution in [0.2, 0.25) is 0 Å². The summed E-state index contributed by atoms with van der Waals surface area (Å²) < 4.78 is 1.05. The van der Waals surface area contributed by atoms with Gasteiger partial charge >= 0.3 is 0 Å². The predicted octanol–water partition coefficient (Wildman–Crippen LogP) is 3.98. The first kappa shape index (κ1) is 13.5. The van der Waals surface area contributed by atoms with Crippen molar-refractivity contribution in [1.29, 1.82) is 0 Å². The number of benzene rings is 1. The number of hydrogen-bond donors (Lipinski definition) is 1. The lowest BCUT2D eigenvalue weighted by Gasteiger charge is -2.38. The number of nitrogens with zero attached hydrogens (tertiary/aromatic N) is 1. The fraction of sp³-hybridized carbons (Fsp3) is 0.467. The van der Waals surface area contributed by atoms with E-state index < -0.39 is 0 Å². The molecular formula is C15H21BrN2. The summed E-state index contributed by atoms with van der Waals surface area (Å²) in [7, 11) is 0. The van der Waals surface area contributed by atoms with Crippen LogP contribution < -0.4 is 5.73 Å². The number of piperidine rings is 1. The summed E-state index contributed by atoms with van der Waals surface area (Å²) in [6.45, 7) is 11.0. The van der Waals surface area contributed by atoms with Gasteiger partial charge in [-0.3, -0.25) is 0 Å². The van der Waals surface area contributed by atoms with Crippen LogP contribution in [0.5, 0.6) is 0 Å². The van der Waals surface area contributed by atoms with Crippen molar-refractivity contribution in [3.8, 4) is 0 Å². The van der Waals surface area contributed by atoms with Gasteiger partial charge in [0.1, 0.15) is 0 Å². The Labute approximate surface area is 118 Å². The van der Waals surface area contributed by atoms with Gasteiger partial charge in [-0.2, -0.15) is 0 Å². The zero-order valence-corrected chi connectivity index (χ0v) is 12.7. The van der Waals surface area contributed by atoms with Gasteiger partial charge in [0.2, 0.25) is 0 Å². The SMILES string of the molecule is C=C(c1cc(Br)ccc1N)N1C[C@H](C)C[C@H](C)C1. The van der Waals surface area contributed by atoms with E-state index in [1.165, 1.54) is 6.42 Å². The Morgan fingerprint density at radius 1 is 1.33 bits per heavy atom. The molecule has 1 aliphatic rings. The lowest BCUT2D eigenvalue weighted by molar-refractivity contribution is 0.204. The summed E-state index contributed by atoms with van der Waals surface area (Å²) in [5.41, 5.74) is 8.95. The van der Waals surface area contributed by atoms with Crippen LogP contribution in [0.25, 0.3) is 5.70 Å². The smallest absolute Gasteiger partial charge is 0.0409 e. The topological polar surface area (TPSA) is 29.3 Å². The summed E-state index contributed by atoms with van der Waals surface area (Å²) in [4.78, 5) is 2.37. The van der Waals surface area contributed by atoms with Gasteiger partial charge in [-0.1, -0.05) is 36.4 Å². The molecule has 98 valence electrons. The molecule has 1 fully saturated rings. The van der Waals surface area contributed by atoms with E-state index in [0.717, 1.165) is 46.3 Å². The lowest BCUT2D eigenvalue weighted by Crippen LogP contribution is -2.37. The van der Waals surface area contributed by atoms with Crippen molar-refractivity contribution in [3.05, 3.63) is 34.8 Å². The van der Waals surface area contributed by atoms with Crippen LogP contribution in [0.1, 0.15) is 25.8 Å². The maximum atomic E-state index is 6.06. The largest absolute Gasteiger partial charge is 0.398 e. The van der Waals surface area contributed by atoms with Gasteiger partial charge in [-0.05, 0) is 36.5 Å². The Balaban J connectivity index is 2.22. The highest BCUT2D eigenvalue weighted by atomic mass is 79.9. The van der Waals surface area contributed by atoms with Crippen molar-refractivity contribution in [3.63, 3.8) is 0 Å². The van der Waals surface area contributed by atoms with Crippen molar-refractivity contribution >= 4 is 27.3 Å². The second-order valence-electron chi connectivity index (χ2n) is 5.53. The second kappa shape index (κ2) is 5.35. The minimum absolute atomic E-state index is 0.721. The quantitative estimate of drug-likeness (QED) is 0.837. The first-order valence-corrected chi connectivity index (χ1v) is 7.26. The second-order valence-corrected chi connectivity index (χ2v) is 6.44. The molecule has 1 aromatic rings. The predicted molar refractivity (Wildman–Crippen MR) is 82.1 cm³/mol. The van der Waals surface area contributed by atoms with E-state index in [1.807, 2.05) is 12.1 Å². The molecular weight excluding hydrogens is 288 g/mol. The fourth-order valence-electron chi connectivity index (χ4n) is 2.83. The summed E-state index contributed by atoms with van der Waals surface area (Å²) in [6.07, 6.45) is 1.30. The van der Waals surface area contributed by atoms with E-state index in [4.69, 9.17) is 5.73 Å². The van der Waals surface area contributed by atoms with Crippen LogP contribution in [0.4, 0.5) is 5.69 Å².